The molecule has 0 saturated carbocycles. The monoisotopic (exact) mass is 422 g/mol. The highest BCUT2D eigenvalue weighted by Gasteiger charge is 2.29. The first-order chi connectivity index (χ1) is 9.04. The van der Waals surface area contributed by atoms with Crippen LogP contribution in [0.2, 0.25) is 4.34 Å². The highest BCUT2D eigenvalue weighted by Crippen LogP contribution is 2.45. The van der Waals surface area contributed by atoms with Crippen molar-refractivity contribution >= 4 is 54.8 Å². The summed E-state index contributed by atoms with van der Waals surface area (Å²) in [6.45, 7) is 0. The molecule has 2 nitrogen and oxygen atoms in total. The van der Waals surface area contributed by atoms with Crippen LogP contribution in [0.1, 0.15) is 29.1 Å². The van der Waals surface area contributed by atoms with Gasteiger partial charge in [0.1, 0.15) is 16.2 Å². The van der Waals surface area contributed by atoms with Gasteiger partial charge < -0.3 is 9.84 Å². The van der Waals surface area contributed by atoms with E-state index in [1.807, 2.05) is 24.3 Å². The molecule has 1 aliphatic rings. The second kappa shape index (κ2) is 5.37. The van der Waals surface area contributed by atoms with Gasteiger partial charge in [-0.15, -0.1) is 11.3 Å². The minimum absolute atomic E-state index is 0.155. The average molecular weight is 425 g/mol. The Morgan fingerprint density at radius 3 is 2.79 bits per heavy atom. The number of rotatable bonds is 1. The number of benzene rings is 1. The molecule has 0 spiro atoms. The van der Waals surface area contributed by atoms with Crippen molar-refractivity contribution in [2.75, 3.05) is 0 Å². The molecule has 0 fully saturated rings. The summed E-state index contributed by atoms with van der Waals surface area (Å²) in [6, 6.07) is 7.63. The molecule has 0 amide bonds. The molecule has 2 heterocycles. The molecule has 1 N–H and O–H groups in total. The molecule has 0 radical (unpaired) electrons. The number of hydrogen-bond acceptors (Lipinski definition) is 3. The quantitative estimate of drug-likeness (QED) is 0.657. The van der Waals surface area contributed by atoms with E-state index in [4.69, 9.17) is 16.3 Å². The molecule has 2 aromatic rings. The lowest BCUT2D eigenvalue weighted by molar-refractivity contribution is 0.0673. The third-order valence-electron chi connectivity index (χ3n) is 3.02. The van der Waals surface area contributed by atoms with Crippen LogP contribution in [0.5, 0.6) is 5.75 Å². The summed E-state index contributed by atoms with van der Waals surface area (Å²) in [5, 5.41) is 10.3. The Morgan fingerprint density at radius 2 is 2.11 bits per heavy atom. The third-order valence-corrected chi connectivity index (χ3v) is 6.08. The Morgan fingerprint density at radius 1 is 1.32 bits per heavy atom. The van der Waals surface area contributed by atoms with E-state index in [9.17, 15) is 5.11 Å². The normalized spacial score (nSPS) is 21.9. The minimum Gasteiger partial charge on any atom is -0.484 e. The van der Waals surface area contributed by atoms with Gasteiger partial charge in [0.15, 0.2) is 0 Å². The zero-order valence-electron chi connectivity index (χ0n) is 9.57. The van der Waals surface area contributed by atoms with Gasteiger partial charge in [0.05, 0.1) is 6.10 Å². The zero-order chi connectivity index (χ0) is 13.6. The second-order valence-electron chi connectivity index (χ2n) is 4.31. The van der Waals surface area contributed by atoms with Gasteiger partial charge in [-0.2, -0.15) is 0 Å². The number of thiophene rings is 1. The first kappa shape index (κ1) is 13.9. The fourth-order valence-electron chi connectivity index (χ4n) is 2.11. The second-order valence-corrected chi connectivity index (χ2v) is 7.77. The van der Waals surface area contributed by atoms with Gasteiger partial charge in [-0.1, -0.05) is 27.5 Å². The van der Waals surface area contributed by atoms with Gasteiger partial charge in [0, 0.05) is 25.8 Å². The van der Waals surface area contributed by atoms with Crippen molar-refractivity contribution in [3.63, 3.8) is 0 Å². The lowest BCUT2D eigenvalue weighted by Crippen LogP contribution is -2.18. The molecule has 1 aromatic heterocycles. The van der Waals surface area contributed by atoms with E-state index in [1.165, 1.54) is 11.3 Å². The first-order valence-corrected chi connectivity index (χ1v) is 8.41. The summed E-state index contributed by atoms with van der Waals surface area (Å²) in [5.74, 6) is 0.729. The zero-order valence-corrected chi connectivity index (χ0v) is 14.3. The number of aliphatic hydroxyl groups is 1. The van der Waals surface area contributed by atoms with E-state index in [0.717, 1.165) is 25.1 Å². The molecule has 2 unspecified atom stereocenters. The van der Waals surface area contributed by atoms with Crippen molar-refractivity contribution in [3.05, 3.63) is 48.0 Å². The minimum atomic E-state index is -0.522. The summed E-state index contributed by atoms with van der Waals surface area (Å²) >= 11 is 14.3. The van der Waals surface area contributed by atoms with Crippen LogP contribution in [0.25, 0.3) is 0 Å². The molecule has 0 saturated heterocycles. The SMILES string of the molecule is OC1CC(c2cc(Br)c(Cl)s2)Oc2ccc(Br)cc21. The fourth-order valence-corrected chi connectivity index (χ4v) is 4.27. The molecule has 6 heteroatoms. The van der Waals surface area contributed by atoms with Gasteiger partial charge in [-0.25, -0.2) is 0 Å². The van der Waals surface area contributed by atoms with Gasteiger partial charge in [-0.05, 0) is 40.2 Å². The van der Waals surface area contributed by atoms with Gasteiger partial charge in [0.2, 0.25) is 0 Å². The van der Waals surface area contributed by atoms with Crippen LogP contribution in [-0.2, 0) is 0 Å². The van der Waals surface area contributed by atoms with Crippen LogP contribution in [0.15, 0.2) is 33.2 Å². The summed E-state index contributed by atoms with van der Waals surface area (Å²) < 4.78 is 8.47. The smallest absolute Gasteiger partial charge is 0.136 e. The number of halogens is 3. The summed E-state index contributed by atoms with van der Waals surface area (Å²) in [5.41, 5.74) is 0.826. The van der Waals surface area contributed by atoms with Crippen LogP contribution in [0, 0.1) is 0 Å². The Bertz CT molecular complexity index is 610. The molecule has 1 aromatic carbocycles. The molecule has 0 aliphatic carbocycles. The van der Waals surface area contributed by atoms with Crippen molar-refractivity contribution in [1.29, 1.82) is 0 Å². The lowest BCUT2D eigenvalue weighted by Gasteiger charge is -2.29. The largest absolute Gasteiger partial charge is 0.484 e. The first-order valence-electron chi connectivity index (χ1n) is 5.63. The van der Waals surface area contributed by atoms with E-state index in [-0.39, 0.29) is 6.10 Å². The maximum atomic E-state index is 10.3. The number of aliphatic hydroxyl groups excluding tert-OH is 1. The van der Waals surface area contributed by atoms with Crippen LogP contribution < -0.4 is 4.74 Å². The highest BCUT2D eigenvalue weighted by atomic mass is 79.9. The van der Waals surface area contributed by atoms with E-state index < -0.39 is 6.10 Å². The van der Waals surface area contributed by atoms with Crippen molar-refractivity contribution < 1.29 is 9.84 Å². The summed E-state index contributed by atoms with van der Waals surface area (Å²) in [7, 11) is 0. The van der Waals surface area contributed by atoms with E-state index in [0.29, 0.717) is 10.8 Å². The van der Waals surface area contributed by atoms with E-state index in [1.54, 1.807) is 0 Å². The van der Waals surface area contributed by atoms with Crippen molar-refractivity contribution in [2.24, 2.45) is 0 Å². The predicted molar refractivity (Wildman–Crippen MR) is 84.1 cm³/mol. The van der Waals surface area contributed by atoms with Crippen LogP contribution in [0.4, 0.5) is 0 Å². The average Bonchev–Trinajstić information content (AvgIpc) is 2.70. The van der Waals surface area contributed by atoms with Crippen molar-refractivity contribution in [3.8, 4) is 5.75 Å². The number of ether oxygens (including phenoxy) is 1. The molecular formula is C13H9Br2ClO2S. The third kappa shape index (κ3) is 2.72. The Kier molecular flexibility index (Phi) is 3.93. The predicted octanol–water partition coefficient (Wildman–Crippen LogP) is 5.48. The van der Waals surface area contributed by atoms with Gasteiger partial charge >= 0.3 is 0 Å². The van der Waals surface area contributed by atoms with Crippen LogP contribution >= 0.6 is 54.8 Å². The van der Waals surface area contributed by atoms with Gasteiger partial charge in [0.25, 0.3) is 0 Å². The molecular weight excluding hydrogens is 415 g/mol. The fraction of sp³-hybridized carbons (Fsp3) is 0.231. The molecule has 3 rings (SSSR count). The van der Waals surface area contributed by atoms with Crippen molar-refractivity contribution in [1.82, 2.24) is 0 Å². The van der Waals surface area contributed by atoms with E-state index >= 15 is 0 Å². The Balaban J connectivity index is 1.94. The van der Waals surface area contributed by atoms with E-state index in [2.05, 4.69) is 31.9 Å². The molecule has 100 valence electrons. The van der Waals surface area contributed by atoms with Crippen molar-refractivity contribution in [2.45, 2.75) is 18.6 Å². The van der Waals surface area contributed by atoms with Crippen LogP contribution in [0.3, 0.4) is 0 Å². The molecule has 0 bridgehead atoms. The summed E-state index contributed by atoms with van der Waals surface area (Å²) in [4.78, 5) is 1.02. The standard InChI is InChI=1S/C13H9Br2ClO2S/c14-6-1-2-10-7(3-6)9(17)5-11(18-10)12-4-8(15)13(16)19-12/h1-4,9,11,17H,5H2. The van der Waals surface area contributed by atoms with Crippen LogP contribution in [-0.4, -0.2) is 5.11 Å². The van der Waals surface area contributed by atoms with Gasteiger partial charge in [-0.3, -0.25) is 0 Å². The molecule has 19 heavy (non-hydrogen) atoms. The molecule has 1 aliphatic heterocycles. The topological polar surface area (TPSA) is 29.5 Å². The Hall–Kier alpha value is -0.0700. The number of hydrogen-bond donors (Lipinski definition) is 1. The highest BCUT2D eigenvalue weighted by molar-refractivity contribution is 9.10. The lowest BCUT2D eigenvalue weighted by atomic mass is 9.98. The molecule has 2 atom stereocenters. The maximum Gasteiger partial charge on any atom is 0.136 e. The Labute approximate surface area is 136 Å². The summed E-state index contributed by atoms with van der Waals surface area (Å²) in [6.07, 6.45) is -0.143. The number of fused-ring (bicyclic) bond motifs is 1. The maximum absolute atomic E-state index is 10.3.